The first-order chi connectivity index (χ1) is 12.9. The molecule has 1 aliphatic heterocycles. The molecular weight excluding hydrogens is 340 g/mol. The van der Waals surface area contributed by atoms with Crippen LogP contribution in [0.1, 0.15) is 65.2 Å². The maximum absolute atomic E-state index is 11.9. The van der Waals surface area contributed by atoms with Gasteiger partial charge in [-0.3, -0.25) is 4.79 Å². The number of rotatable bonds is 13. The van der Waals surface area contributed by atoms with E-state index in [4.69, 9.17) is 4.74 Å². The lowest BCUT2D eigenvalue weighted by Gasteiger charge is -2.17. The highest BCUT2D eigenvalue weighted by Crippen LogP contribution is 2.26. The average molecular weight is 377 g/mol. The molecule has 1 aliphatic rings. The molecular formula is C22H36N2O3. The van der Waals surface area contributed by atoms with E-state index in [1.165, 1.54) is 32.2 Å². The number of carbonyl (C=O) groups excluding carboxylic acids is 2. The third kappa shape index (κ3) is 10.1. The number of hydrogen-bond donors (Lipinski definition) is 1. The van der Waals surface area contributed by atoms with Gasteiger partial charge in [0.05, 0.1) is 0 Å². The van der Waals surface area contributed by atoms with E-state index < -0.39 is 11.6 Å². The van der Waals surface area contributed by atoms with Crippen LogP contribution in [0, 0.1) is 0 Å². The van der Waals surface area contributed by atoms with Gasteiger partial charge in [0.15, 0.2) is 0 Å². The Kier molecular flexibility index (Phi) is 10.7. The van der Waals surface area contributed by atoms with Crippen LogP contribution >= 0.6 is 0 Å². The van der Waals surface area contributed by atoms with Crippen LogP contribution in [-0.2, 0) is 14.3 Å². The molecule has 1 atom stereocenters. The lowest BCUT2D eigenvalue weighted by atomic mass is 10.0. The van der Waals surface area contributed by atoms with Gasteiger partial charge in [-0.05, 0) is 65.7 Å². The molecule has 0 aromatic heterocycles. The zero-order valence-corrected chi connectivity index (χ0v) is 17.4. The number of nitrogens with zero attached hydrogens (tertiary/aromatic N) is 1. The van der Waals surface area contributed by atoms with E-state index in [2.05, 4.69) is 30.4 Å². The average Bonchev–Trinajstić information content (AvgIpc) is 2.90. The van der Waals surface area contributed by atoms with Crippen LogP contribution in [0.25, 0.3) is 0 Å². The quantitative estimate of drug-likeness (QED) is 0.298. The van der Waals surface area contributed by atoms with Crippen molar-refractivity contribution >= 4 is 11.9 Å². The topological polar surface area (TPSA) is 58.6 Å². The summed E-state index contributed by atoms with van der Waals surface area (Å²) in [7, 11) is 4.22. The molecule has 5 heteroatoms. The van der Waals surface area contributed by atoms with Gasteiger partial charge in [-0.25, -0.2) is 4.79 Å². The molecule has 0 fully saturated rings. The molecule has 5 nitrogen and oxygen atoms in total. The molecule has 152 valence electrons. The number of ether oxygens (including phenoxy) is 1. The number of unbranched alkanes of at least 4 members (excludes halogenated alkanes) is 4. The molecule has 0 saturated carbocycles. The van der Waals surface area contributed by atoms with Gasteiger partial charge in [0.25, 0.3) is 0 Å². The lowest BCUT2D eigenvalue weighted by molar-refractivity contribution is -0.146. The predicted molar refractivity (Wildman–Crippen MR) is 110 cm³/mol. The summed E-state index contributed by atoms with van der Waals surface area (Å²) in [4.78, 5) is 25.9. The smallest absolute Gasteiger partial charge is 0.355 e. The summed E-state index contributed by atoms with van der Waals surface area (Å²) in [5.41, 5.74) is -0.338. The van der Waals surface area contributed by atoms with Gasteiger partial charge in [0, 0.05) is 6.42 Å². The van der Waals surface area contributed by atoms with Crippen molar-refractivity contribution in [3.8, 4) is 0 Å². The summed E-state index contributed by atoms with van der Waals surface area (Å²) >= 11 is 0. The zero-order valence-electron chi connectivity index (χ0n) is 17.4. The van der Waals surface area contributed by atoms with Gasteiger partial charge < -0.3 is 15.0 Å². The minimum Gasteiger partial charge on any atom is -0.450 e. The summed E-state index contributed by atoms with van der Waals surface area (Å²) < 4.78 is 5.26. The molecule has 0 bridgehead atoms. The lowest BCUT2D eigenvalue weighted by Crippen LogP contribution is -2.26. The van der Waals surface area contributed by atoms with Crippen LogP contribution < -0.4 is 5.32 Å². The molecule has 0 aliphatic carbocycles. The monoisotopic (exact) mass is 376 g/mol. The summed E-state index contributed by atoms with van der Waals surface area (Å²) in [6.07, 6.45) is 17.7. The Bertz CT molecular complexity index is 564. The van der Waals surface area contributed by atoms with Crippen LogP contribution in [0.15, 0.2) is 36.1 Å². The number of amides is 1. The van der Waals surface area contributed by atoms with Crippen molar-refractivity contribution in [1.29, 1.82) is 0 Å². The van der Waals surface area contributed by atoms with E-state index >= 15 is 0 Å². The number of hydrogen-bond acceptors (Lipinski definition) is 4. The van der Waals surface area contributed by atoms with Gasteiger partial charge in [-0.1, -0.05) is 44.1 Å². The van der Waals surface area contributed by atoms with Gasteiger partial charge in [-0.15, -0.1) is 0 Å². The van der Waals surface area contributed by atoms with Crippen LogP contribution in [0.4, 0.5) is 0 Å². The van der Waals surface area contributed by atoms with E-state index in [1.54, 1.807) is 6.08 Å². The van der Waals surface area contributed by atoms with Crippen LogP contribution in [0.3, 0.4) is 0 Å². The minimum absolute atomic E-state index is 0.162. The largest absolute Gasteiger partial charge is 0.450 e. The summed E-state index contributed by atoms with van der Waals surface area (Å²) in [5, 5.41) is 2.65. The fourth-order valence-electron chi connectivity index (χ4n) is 2.74. The summed E-state index contributed by atoms with van der Waals surface area (Å²) in [5.74, 6) is -0.613. The second-order valence-corrected chi connectivity index (χ2v) is 7.56. The fraction of sp³-hybridized carbons (Fsp3) is 0.636. The first kappa shape index (κ1) is 23.2. The Balaban J connectivity index is 2.10. The van der Waals surface area contributed by atoms with Crippen molar-refractivity contribution in [1.82, 2.24) is 10.2 Å². The van der Waals surface area contributed by atoms with Gasteiger partial charge in [0.2, 0.25) is 5.91 Å². The normalized spacial score (nSPS) is 19.9. The number of carbonyl (C=O) groups is 2. The third-order valence-electron chi connectivity index (χ3n) is 4.62. The van der Waals surface area contributed by atoms with Gasteiger partial charge in [-0.2, -0.15) is 0 Å². The Morgan fingerprint density at radius 2 is 1.81 bits per heavy atom. The molecule has 1 N–H and O–H groups in total. The maximum atomic E-state index is 11.9. The third-order valence-corrected chi connectivity index (χ3v) is 4.62. The van der Waals surface area contributed by atoms with Gasteiger partial charge in [0.1, 0.15) is 11.3 Å². The molecule has 0 spiro atoms. The first-order valence-corrected chi connectivity index (χ1v) is 10.1. The molecule has 0 aromatic carbocycles. The SMILES string of the molecule is CC[C@@]1(C)C=C(NC(=O)CC/C=C\C=C\CCCCCCN(C)C)C(=O)O1. The van der Waals surface area contributed by atoms with E-state index in [1.807, 2.05) is 32.1 Å². The fourth-order valence-corrected chi connectivity index (χ4v) is 2.74. The molecule has 0 radical (unpaired) electrons. The van der Waals surface area contributed by atoms with E-state index in [9.17, 15) is 9.59 Å². The molecule has 0 saturated heterocycles. The second-order valence-electron chi connectivity index (χ2n) is 7.56. The predicted octanol–water partition coefficient (Wildman–Crippen LogP) is 4.12. The second kappa shape index (κ2) is 12.5. The van der Waals surface area contributed by atoms with Crippen LogP contribution in [-0.4, -0.2) is 43.0 Å². The Hall–Kier alpha value is -1.88. The summed E-state index contributed by atoms with van der Waals surface area (Å²) in [6, 6.07) is 0. The van der Waals surface area contributed by atoms with Crippen molar-refractivity contribution in [2.45, 2.75) is 70.8 Å². The molecule has 1 rings (SSSR count). The Morgan fingerprint density at radius 1 is 1.15 bits per heavy atom. The molecule has 1 heterocycles. The van der Waals surface area contributed by atoms with E-state index in [-0.39, 0.29) is 11.6 Å². The summed E-state index contributed by atoms with van der Waals surface area (Å²) in [6.45, 7) is 4.95. The van der Waals surface area contributed by atoms with Crippen LogP contribution in [0.5, 0.6) is 0 Å². The van der Waals surface area contributed by atoms with Crippen molar-refractivity contribution < 1.29 is 14.3 Å². The standard InChI is InChI=1S/C22H36N2O3/c1-5-22(2)18-19(21(26)27-22)23-20(25)16-14-12-10-8-6-7-9-11-13-15-17-24(3)4/h6,8,10,12,18H,5,7,9,11,13-17H2,1-4H3,(H,23,25)/b8-6+,12-10-/t22-/m0/s1. The van der Waals surface area contributed by atoms with Crippen molar-refractivity contribution in [3.63, 3.8) is 0 Å². The molecule has 27 heavy (non-hydrogen) atoms. The molecule has 1 amide bonds. The van der Waals surface area contributed by atoms with E-state index in [0.717, 1.165) is 6.42 Å². The number of esters is 1. The van der Waals surface area contributed by atoms with Crippen molar-refractivity contribution in [3.05, 3.63) is 36.1 Å². The molecule has 0 unspecified atom stereocenters. The number of nitrogens with one attached hydrogen (secondary N) is 1. The van der Waals surface area contributed by atoms with Crippen molar-refractivity contribution in [2.24, 2.45) is 0 Å². The first-order valence-electron chi connectivity index (χ1n) is 10.1. The Morgan fingerprint density at radius 3 is 2.44 bits per heavy atom. The Labute approximate surface area is 164 Å². The highest BCUT2D eigenvalue weighted by atomic mass is 16.6. The number of allylic oxidation sites excluding steroid dienone is 4. The van der Waals surface area contributed by atoms with Gasteiger partial charge >= 0.3 is 5.97 Å². The number of cyclic esters (lactones) is 1. The zero-order chi connectivity index (χ0) is 20.1. The minimum atomic E-state index is -0.600. The van der Waals surface area contributed by atoms with E-state index in [0.29, 0.717) is 19.3 Å². The highest BCUT2D eigenvalue weighted by molar-refractivity contribution is 5.96. The maximum Gasteiger partial charge on any atom is 0.355 e. The van der Waals surface area contributed by atoms with Crippen LogP contribution in [0.2, 0.25) is 0 Å². The molecule has 0 aromatic rings. The highest BCUT2D eigenvalue weighted by Gasteiger charge is 2.34. The van der Waals surface area contributed by atoms with Crippen molar-refractivity contribution in [2.75, 3.05) is 20.6 Å².